The number of pyridine rings is 1. The first kappa shape index (κ1) is 16.9. The predicted octanol–water partition coefficient (Wildman–Crippen LogP) is 4.93. The van der Waals surface area contributed by atoms with Gasteiger partial charge in [-0.2, -0.15) is 0 Å². The Hall–Kier alpha value is -2.57. The Morgan fingerprint density at radius 3 is 2.73 bits per heavy atom. The fourth-order valence-corrected chi connectivity index (χ4v) is 4.21. The standard InChI is InChI=1S/C20H17N3OS2/c24-18(14-25-13-15-7-2-1-3-8-15)22-20-19(16-9-6-12-26-16)21-17-10-4-5-11-23(17)20/h1-12H,13-14H2,(H,22,24). The highest BCUT2D eigenvalue weighted by atomic mass is 32.2. The number of amides is 1. The summed E-state index contributed by atoms with van der Waals surface area (Å²) in [7, 11) is 0. The van der Waals surface area contributed by atoms with Gasteiger partial charge in [-0.05, 0) is 29.1 Å². The summed E-state index contributed by atoms with van der Waals surface area (Å²) in [6.45, 7) is 0. The van der Waals surface area contributed by atoms with E-state index in [1.54, 1.807) is 23.1 Å². The third kappa shape index (κ3) is 3.66. The largest absolute Gasteiger partial charge is 0.309 e. The molecule has 130 valence electrons. The maximum atomic E-state index is 12.5. The van der Waals surface area contributed by atoms with E-state index < -0.39 is 0 Å². The molecule has 26 heavy (non-hydrogen) atoms. The molecule has 4 aromatic rings. The van der Waals surface area contributed by atoms with Crippen LogP contribution in [0.4, 0.5) is 5.82 Å². The molecule has 0 saturated carbocycles. The first-order chi connectivity index (χ1) is 12.8. The van der Waals surface area contributed by atoms with Crippen LogP contribution in [-0.2, 0) is 10.5 Å². The van der Waals surface area contributed by atoms with E-state index in [-0.39, 0.29) is 5.91 Å². The first-order valence-corrected chi connectivity index (χ1v) is 10.3. The summed E-state index contributed by atoms with van der Waals surface area (Å²) < 4.78 is 1.93. The summed E-state index contributed by atoms with van der Waals surface area (Å²) in [6, 6.07) is 20.0. The van der Waals surface area contributed by atoms with Crippen molar-refractivity contribution in [3.8, 4) is 10.6 Å². The number of fused-ring (bicyclic) bond motifs is 1. The Balaban J connectivity index is 1.51. The highest BCUT2D eigenvalue weighted by molar-refractivity contribution is 7.99. The quantitative estimate of drug-likeness (QED) is 0.516. The number of hydrogen-bond acceptors (Lipinski definition) is 4. The molecule has 4 nitrogen and oxygen atoms in total. The molecule has 0 bridgehead atoms. The van der Waals surface area contributed by atoms with E-state index in [0.29, 0.717) is 5.75 Å². The molecule has 0 aliphatic rings. The molecule has 0 unspecified atom stereocenters. The molecule has 0 aliphatic carbocycles. The minimum absolute atomic E-state index is 0.0191. The zero-order valence-corrected chi connectivity index (χ0v) is 15.6. The Kier molecular flexibility index (Phi) is 5.04. The van der Waals surface area contributed by atoms with Crippen molar-refractivity contribution in [1.82, 2.24) is 9.38 Å². The molecule has 4 rings (SSSR count). The van der Waals surface area contributed by atoms with Crippen LogP contribution in [-0.4, -0.2) is 21.0 Å². The molecule has 1 aromatic carbocycles. The van der Waals surface area contributed by atoms with Crippen LogP contribution in [0.25, 0.3) is 16.2 Å². The lowest BCUT2D eigenvalue weighted by atomic mass is 10.2. The van der Waals surface area contributed by atoms with Gasteiger partial charge in [0.15, 0.2) is 0 Å². The molecule has 6 heteroatoms. The summed E-state index contributed by atoms with van der Waals surface area (Å²) in [5.41, 5.74) is 2.86. The van der Waals surface area contributed by atoms with Crippen LogP contribution in [0.3, 0.4) is 0 Å². The second-order valence-electron chi connectivity index (χ2n) is 5.74. The number of nitrogens with one attached hydrogen (secondary N) is 1. The predicted molar refractivity (Wildman–Crippen MR) is 110 cm³/mol. The fraction of sp³-hybridized carbons (Fsp3) is 0.100. The van der Waals surface area contributed by atoms with Gasteiger partial charge in [0.05, 0.1) is 10.6 Å². The number of nitrogens with zero attached hydrogens (tertiary/aromatic N) is 2. The lowest BCUT2D eigenvalue weighted by molar-refractivity contribution is -0.113. The number of anilines is 1. The van der Waals surface area contributed by atoms with Gasteiger partial charge in [-0.3, -0.25) is 9.20 Å². The molecule has 0 spiro atoms. The Labute approximate surface area is 159 Å². The van der Waals surface area contributed by atoms with Crippen molar-refractivity contribution < 1.29 is 4.79 Å². The van der Waals surface area contributed by atoms with E-state index in [0.717, 1.165) is 27.8 Å². The molecule has 0 atom stereocenters. The van der Waals surface area contributed by atoms with Gasteiger partial charge >= 0.3 is 0 Å². The number of thiophene rings is 1. The molecule has 1 N–H and O–H groups in total. The highest BCUT2D eigenvalue weighted by Gasteiger charge is 2.16. The van der Waals surface area contributed by atoms with E-state index >= 15 is 0 Å². The van der Waals surface area contributed by atoms with Crippen molar-refractivity contribution in [2.45, 2.75) is 5.75 Å². The number of hydrogen-bond donors (Lipinski definition) is 1. The smallest absolute Gasteiger partial charge is 0.235 e. The molecule has 1 amide bonds. The maximum absolute atomic E-state index is 12.5. The third-order valence-corrected chi connectivity index (χ3v) is 5.77. The normalized spacial score (nSPS) is 10.9. The maximum Gasteiger partial charge on any atom is 0.235 e. The Bertz CT molecular complexity index is 1010. The van der Waals surface area contributed by atoms with E-state index in [2.05, 4.69) is 22.4 Å². The van der Waals surface area contributed by atoms with Gasteiger partial charge < -0.3 is 5.32 Å². The van der Waals surface area contributed by atoms with Crippen molar-refractivity contribution in [2.24, 2.45) is 0 Å². The summed E-state index contributed by atoms with van der Waals surface area (Å²) in [6.07, 6.45) is 1.92. The summed E-state index contributed by atoms with van der Waals surface area (Å²) in [5, 5.41) is 5.07. The summed E-state index contributed by atoms with van der Waals surface area (Å²) in [5.74, 6) is 1.93. The van der Waals surface area contributed by atoms with E-state index in [4.69, 9.17) is 0 Å². The van der Waals surface area contributed by atoms with Crippen LogP contribution in [0.2, 0.25) is 0 Å². The third-order valence-electron chi connectivity index (χ3n) is 3.89. The van der Waals surface area contributed by atoms with Crippen LogP contribution < -0.4 is 5.32 Å². The van der Waals surface area contributed by atoms with Gasteiger partial charge in [0.1, 0.15) is 17.2 Å². The summed E-state index contributed by atoms with van der Waals surface area (Å²) in [4.78, 5) is 18.2. The number of imidazole rings is 1. The molecule has 3 heterocycles. The lowest BCUT2D eigenvalue weighted by Gasteiger charge is -2.07. The van der Waals surface area contributed by atoms with Crippen LogP contribution in [0.15, 0.2) is 72.2 Å². The van der Waals surface area contributed by atoms with Gasteiger partial charge in [0.2, 0.25) is 5.91 Å². The van der Waals surface area contributed by atoms with Crippen LogP contribution in [0, 0.1) is 0 Å². The first-order valence-electron chi connectivity index (χ1n) is 8.24. The monoisotopic (exact) mass is 379 g/mol. The molecule has 0 fully saturated rings. The molecule has 0 radical (unpaired) electrons. The van der Waals surface area contributed by atoms with E-state index in [1.807, 2.05) is 64.5 Å². The molecular formula is C20H17N3OS2. The zero-order chi connectivity index (χ0) is 17.8. The Morgan fingerprint density at radius 1 is 1.08 bits per heavy atom. The van der Waals surface area contributed by atoms with Gasteiger partial charge in [-0.1, -0.05) is 42.5 Å². The number of carbonyl (C=O) groups excluding carboxylic acids is 1. The highest BCUT2D eigenvalue weighted by Crippen LogP contribution is 2.32. The van der Waals surface area contributed by atoms with Gasteiger partial charge in [-0.15, -0.1) is 23.1 Å². The van der Waals surface area contributed by atoms with Crippen molar-refractivity contribution >= 4 is 40.5 Å². The molecule has 0 saturated heterocycles. The average Bonchev–Trinajstić information content (AvgIpc) is 3.31. The van der Waals surface area contributed by atoms with Crippen molar-refractivity contribution in [3.63, 3.8) is 0 Å². The molecule has 0 aliphatic heterocycles. The number of thioether (sulfide) groups is 1. The number of aromatic nitrogens is 2. The molecule has 3 aromatic heterocycles. The number of carbonyl (C=O) groups is 1. The van der Waals surface area contributed by atoms with E-state index in [9.17, 15) is 4.79 Å². The van der Waals surface area contributed by atoms with Crippen molar-refractivity contribution in [3.05, 3.63) is 77.8 Å². The Morgan fingerprint density at radius 2 is 1.92 bits per heavy atom. The van der Waals surface area contributed by atoms with Gasteiger partial charge in [0, 0.05) is 11.9 Å². The van der Waals surface area contributed by atoms with Crippen molar-refractivity contribution in [2.75, 3.05) is 11.1 Å². The number of rotatable bonds is 6. The minimum Gasteiger partial charge on any atom is -0.309 e. The van der Waals surface area contributed by atoms with Crippen LogP contribution in [0.5, 0.6) is 0 Å². The zero-order valence-electron chi connectivity index (χ0n) is 14.0. The van der Waals surface area contributed by atoms with Crippen LogP contribution >= 0.6 is 23.1 Å². The fourth-order valence-electron chi connectivity index (χ4n) is 2.70. The summed E-state index contributed by atoms with van der Waals surface area (Å²) >= 11 is 3.22. The van der Waals surface area contributed by atoms with Crippen LogP contribution in [0.1, 0.15) is 5.56 Å². The lowest BCUT2D eigenvalue weighted by Crippen LogP contribution is -2.16. The van der Waals surface area contributed by atoms with Crippen molar-refractivity contribution in [1.29, 1.82) is 0 Å². The van der Waals surface area contributed by atoms with Gasteiger partial charge in [-0.25, -0.2) is 4.98 Å². The van der Waals surface area contributed by atoms with E-state index in [1.165, 1.54) is 5.56 Å². The number of benzene rings is 1. The topological polar surface area (TPSA) is 46.4 Å². The molecular weight excluding hydrogens is 362 g/mol. The SMILES string of the molecule is O=C(CSCc1ccccc1)Nc1c(-c2cccs2)nc2ccccn12. The second-order valence-corrected chi connectivity index (χ2v) is 7.68. The average molecular weight is 380 g/mol. The van der Waals surface area contributed by atoms with Gasteiger partial charge in [0.25, 0.3) is 0 Å². The minimum atomic E-state index is -0.0191. The second kappa shape index (κ2) is 7.76.